The van der Waals surface area contributed by atoms with Gasteiger partial charge >= 0.3 is 0 Å². The molecular weight excluding hydrogens is 334 g/mol. The normalized spacial score (nSPS) is 19.3. The Morgan fingerprint density at radius 2 is 2.29 bits per heavy atom. The highest BCUT2D eigenvalue weighted by Gasteiger charge is 1.81. The maximum Gasteiger partial charge on any atom is 0.0154 e. The van der Waals surface area contributed by atoms with Gasteiger partial charge in [0, 0.05) is 6.92 Å². The van der Waals surface area contributed by atoms with E-state index in [1.165, 1.54) is 4.91 Å². The van der Waals surface area contributed by atoms with Crippen LogP contribution < -0.4 is 0 Å². The fourth-order valence-electron chi connectivity index (χ4n) is 0.228. The van der Waals surface area contributed by atoms with Crippen molar-refractivity contribution in [3.63, 3.8) is 0 Å². The zero-order valence-corrected chi connectivity index (χ0v) is 8.64. The van der Waals surface area contributed by atoms with Crippen LogP contribution in [0.5, 0.6) is 0 Å². The SMILES string of the molecule is SC1=CI=CI=C1. The first-order chi connectivity index (χ1) is 3.39. The van der Waals surface area contributed by atoms with Crippen molar-refractivity contribution in [3.05, 3.63) is 8.99 Å². The molecule has 0 nitrogen and oxygen atoms in total. The van der Waals surface area contributed by atoms with Crippen molar-refractivity contribution < 1.29 is 0 Å². The first-order valence-corrected chi connectivity index (χ1v) is 7.10. The molecule has 3 heteroatoms. The monoisotopic (exact) mass is 338 g/mol. The van der Waals surface area contributed by atoms with E-state index < -0.39 is 0 Å². The minimum atomic E-state index is 0.329. The molecule has 0 atom stereocenters. The van der Waals surface area contributed by atoms with Crippen LogP contribution >= 0.6 is 54.1 Å². The minimum absolute atomic E-state index is 0.329. The molecule has 40 valence electrons. The summed E-state index contributed by atoms with van der Waals surface area (Å²) in [5.74, 6) is 0. The highest BCUT2D eigenvalue weighted by atomic mass is 127. The van der Waals surface area contributed by atoms with E-state index in [2.05, 4.69) is 22.7 Å². The van der Waals surface area contributed by atoms with Crippen LogP contribution in [0.15, 0.2) is 8.99 Å². The predicted octanol–water partition coefficient (Wildman–Crippen LogP) is 2.27. The van der Waals surface area contributed by atoms with Crippen molar-refractivity contribution in [2.24, 2.45) is 0 Å². The molecule has 0 N–H and O–H groups in total. The number of hydrogen-bond donors (Lipinski definition) is 1. The summed E-state index contributed by atoms with van der Waals surface area (Å²) in [5.41, 5.74) is 0. The molecule has 0 aromatic carbocycles. The lowest BCUT2D eigenvalue weighted by molar-refractivity contribution is 2.43. The van der Waals surface area contributed by atoms with Gasteiger partial charge in [-0.2, -0.15) is 0 Å². The molecule has 0 aromatic heterocycles. The summed E-state index contributed by atoms with van der Waals surface area (Å²) in [6, 6.07) is 0. The Morgan fingerprint density at radius 1 is 1.43 bits per heavy atom. The van der Waals surface area contributed by atoms with Gasteiger partial charge in [0.15, 0.2) is 0 Å². The maximum atomic E-state index is 4.20. The van der Waals surface area contributed by atoms with Gasteiger partial charge in [-0.3, -0.25) is 0 Å². The van der Waals surface area contributed by atoms with Crippen molar-refractivity contribution in [1.82, 2.24) is 0 Å². The van der Waals surface area contributed by atoms with Crippen LogP contribution in [-0.4, -0.2) is 6.03 Å². The summed E-state index contributed by atoms with van der Waals surface area (Å²) in [6.45, 7) is 0. The first-order valence-electron chi connectivity index (χ1n) is 1.67. The third-order valence-electron chi connectivity index (χ3n) is 0.445. The third-order valence-corrected chi connectivity index (χ3v) is 7.94. The van der Waals surface area contributed by atoms with E-state index in [0.29, 0.717) is 41.5 Å². The van der Waals surface area contributed by atoms with Crippen LogP contribution in [0.2, 0.25) is 0 Å². The summed E-state index contributed by atoms with van der Waals surface area (Å²) in [5, 5.41) is 0. The van der Waals surface area contributed by atoms with Gasteiger partial charge in [0.25, 0.3) is 0 Å². The molecule has 7 heavy (non-hydrogen) atoms. The van der Waals surface area contributed by atoms with Gasteiger partial charge < -0.3 is 0 Å². The average Bonchev–Trinajstić information content (AvgIpc) is 1.69. The zero-order chi connectivity index (χ0) is 5.11. The molecule has 0 aliphatic carbocycles. The summed E-state index contributed by atoms with van der Waals surface area (Å²) in [7, 11) is 0. The van der Waals surface area contributed by atoms with E-state index in [1.807, 2.05) is 0 Å². The molecule has 1 heterocycles. The molecule has 1 rings (SSSR count). The molecule has 0 saturated carbocycles. The van der Waals surface area contributed by atoms with Gasteiger partial charge in [0.2, 0.25) is 0 Å². The van der Waals surface area contributed by atoms with E-state index in [9.17, 15) is 0 Å². The van der Waals surface area contributed by atoms with E-state index in [-0.39, 0.29) is 0 Å². The van der Waals surface area contributed by atoms with Crippen LogP contribution in [0.4, 0.5) is 0 Å². The number of hydrogen-bond acceptors (Lipinski definition) is 1. The minimum Gasteiger partial charge on any atom is -0.143 e. The quantitative estimate of drug-likeness (QED) is 0.509. The Labute approximate surface area is 68.3 Å². The van der Waals surface area contributed by atoms with E-state index in [0.717, 1.165) is 0 Å². The molecule has 0 spiro atoms. The number of allylic oxidation sites excluding steroid dienone is 1. The molecule has 0 saturated heterocycles. The molecule has 0 aromatic rings. The van der Waals surface area contributed by atoms with Crippen LogP contribution in [0.1, 0.15) is 0 Å². The number of rotatable bonds is 0. The standard InChI is InChI=1S/C4H4I2S/c7-4-1-5-3-6-2-4/h1-3,7H. The summed E-state index contributed by atoms with van der Waals surface area (Å²) < 4.78 is 6.92. The second-order valence-electron chi connectivity index (χ2n) is 0.978. The van der Waals surface area contributed by atoms with Crippen LogP contribution in [-0.2, 0) is 0 Å². The van der Waals surface area contributed by atoms with Crippen LogP contribution in [0, 0.1) is 0 Å². The van der Waals surface area contributed by atoms with Gasteiger partial charge in [0.05, 0.1) is 0 Å². The van der Waals surface area contributed by atoms with Crippen LogP contribution in [0.25, 0.3) is 0 Å². The molecule has 0 fully saturated rings. The fraction of sp³-hybridized carbons (Fsp3) is 0. The zero-order valence-electron chi connectivity index (χ0n) is 3.44. The Balaban J connectivity index is 2.82. The number of halogens is 2. The maximum absolute atomic E-state index is 4.20. The Morgan fingerprint density at radius 3 is 2.57 bits per heavy atom. The molecule has 0 unspecified atom stereocenters. The molecule has 1 aliphatic rings. The topological polar surface area (TPSA) is 0 Å². The summed E-state index contributed by atoms with van der Waals surface area (Å²) >= 11 is 4.86. The predicted molar refractivity (Wildman–Crippen MR) is 57.2 cm³/mol. The smallest absolute Gasteiger partial charge is 0.0154 e. The van der Waals surface area contributed by atoms with Crippen molar-refractivity contribution in [3.8, 4) is 0 Å². The highest BCUT2D eigenvalue weighted by Crippen LogP contribution is 2.16. The lowest BCUT2D eigenvalue weighted by Crippen LogP contribution is -1.66. The summed E-state index contributed by atoms with van der Waals surface area (Å²) in [4.78, 5) is 1.23. The lowest BCUT2D eigenvalue weighted by atomic mass is 10.8. The number of thiol groups is 1. The third kappa shape index (κ3) is 2.36. The van der Waals surface area contributed by atoms with E-state index in [1.54, 1.807) is 0 Å². The molecule has 1 aliphatic heterocycles. The van der Waals surface area contributed by atoms with Gasteiger partial charge in [-0.15, -0.1) is 12.6 Å². The van der Waals surface area contributed by atoms with Crippen molar-refractivity contribution in [1.29, 1.82) is 0 Å². The molecule has 0 amide bonds. The fourth-order valence-corrected chi connectivity index (χ4v) is 6.07. The largest absolute Gasteiger partial charge is 0.143 e. The second-order valence-corrected chi connectivity index (χ2v) is 7.81. The average molecular weight is 338 g/mol. The molecule has 0 bridgehead atoms. The lowest BCUT2D eigenvalue weighted by Gasteiger charge is -1.86. The highest BCUT2D eigenvalue weighted by molar-refractivity contribution is 14.3. The summed E-state index contributed by atoms with van der Waals surface area (Å²) in [6.07, 6.45) is 0. The molecule has 0 radical (unpaired) electrons. The van der Waals surface area contributed by atoms with Gasteiger partial charge in [-0.25, -0.2) is 0 Å². The Kier molecular flexibility index (Phi) is 3.06. The van der Waals surface area contributed by atoms with E-state index >= 15 is 0 Å². The Bertz CT molecular complexity index is 146. The van der Waals surface area contributed by atoms with E-state index in [4.69, 9.17) is 0 Å². The van der Waals surface area contributed by atoms with Crippen molar-refractivity contribution >= 4 is 60.1 Å². The Hall–Kier alpha value is 1.29. The van der Waals surface area contributed by atoms with Gasteiger partial charge in [-0.1, -0.05) is 41.5 Å². The van der Waals surface area contributed by atoms with Gasteiger partial charge in [-0.05, 0) is 8.09 Å². The van der Waals surface area contributed by atoms with Gasteiger partial charge in [0.1, 0.15) is 0 Å². The molecular formula is C4H4I2S. The van der Waals surface area contributed by atoms with Crippen LogP contribution in [0.3, 0.4) is 0 Å². The van der Waals surface area contributed by atoms with Crippen molar-refractivity contribution in [2.45, 2.75) is 0 Å². The first kappa shape index (κ1) is 6.41. The second kappa shape index (κ2) is 3.34. The van der Waals surface area contributed by atoms with Crippen molar-refractivity contribution in [2.75, 3.05) is 0 Å².